The molecule has 0 radical (unpaired) electrons. The van der Waals surface area contributed by atoms with Gasteiger partial charge in [0, 0.05) is 12.1 Å². The van der Waals surface area contributed by atoms with E-state index in [0.717, 1.165) is 17.7 Å². The van der Waals surface area contributed by atoms with Crippen molar-refractivity contribution in [3.63, 3.8) is 0 Å². The van der Waals surface area contributed by atoms with Gasteiger partial charge in [-0.3, -0.25) is 9.59 Å². The maximum absolute atomic E-state index is 12.9. The number of nitrogens with one attached hydrogen (secondary N) is 1. The molecule has 1 aromatic carbocycles. The molecule has 0 aliphatic carbocycles. The van der Waals surface area contributed by atoms with Crippen molar-refractivity contribution in [3.8, 4) is 0 Å². The molecule has 3 atom stereocenters. The lowest BCUT2D eigenvalue weighted by atomic mass is 9.96. The third kappa shape index (κ3) is 4.55. The van der Waals surface area contributed by atoms with Crippen LogP contribution in [0, 0.1) is 5.92 Å². The van der Waals surface area contributed by atoms with Crippen LogP contribution in [0.15, 0.2) is 24.3 Å². The summed E-state index contributed by atoms with van der Waals surface area (Å²) >= 11 is 1.68. The van der Waals surface area contributed by atoms with Gasteiger partial charge in [0.1, 0.15) is 6.04 Å². The second-order valence-electron chi connectivity index (χ2n) is 6.59. The van der Waals surface area contributed by atoms with Crippen molar-refractivity contribution in [1.29, 1.82) is 0 Å². The highest BCUT2D eigenvalue weighted by atomic mass is 32.2. The van der Waals surface area contributed by atoms with E-state index in [0.29, 0.717) is 18.5 Å². The molecular formula is C19H28N2O3S. The molecular weight excluding hydrogens is 336 g/mol. The molecule has 25 heavy (non-hydrogen) atoms. The van der Waals surface area contributed by atoms with Crippen LogP contribution in [0.2, 0.25) is 0 Å². The van der Waals surface area contributed by atoms with Gasteiger partial charge in [-0.25, -0.2) is 0 Å². The van der Waals surface area contributed by atoms with Crippen LogP contribution >= 0.6 is 11.8 Å². The van der Waals surface area contributed by atoms with Crippen molar-refractivity contribution in [2.45, 2.75) is 45.3 Å². The molecule has 1 aliphatic heterocycles. The number of carbonyl (C=O) groups excluding carboxylic acids is 2. The number of fused-ring (bicyclic) bond motifs is 1. The van der Waals surface area contributed by atoms with E-state index in [-0.39, 0.29) is 30.4 Å². The summed E-state index contributed by atoms with van der Waals surface area (Å²) in [6.45, 7) is 4.39. The number of aliphatic hydroxyl groups excluding tert-OH is 1. The summed E-state index contributed by atoms with van der Waals surface area (Å²) in [5.74, 6) is 0.655. The predicted octanol–water partition coefficient (Wildman–Crippen LogP) is 2.29. The molecule has 0 saturated carbocycles. The van der Waals surface area contributed by atoms with E-state index in [1.54, 1.807) is 16.7 Å². The highest BCUT2D eigenvalue weighted by Gasteiger charge is 2.39. The van der Waals surface area contributed by atoms with Crippen LogP contribution in [0.1, 0.15) is 42.6 Å². The molecule has 6 heteroatoms. The normalized spacial score (nSPS) is 17.1. The fraction of sp³-hybridized carbons (Fsp3) is 0.579. The van der Waals surface area contributed by atoms with Crippen LogP contribution < -0.4 is 5.32 Å². The van der Waals surface area contributed by atoms with Gasteiger partial charge in [-0.2, -0.15) is 11.8 Å². The van der Waals surface area contributed by atoms with E-state index in [9.17, 15) is 14.7 Å². The SMILES string of the molecule is CC[C@H](C)[C@H](C(=O)N[C@@H](CO)CCSC)N1Cc2ccccc2C1=O. The Kier molecular flexibility index (Phi) is 7.32. The Hall–Kier alpha value is -1.53. The minimum atomic E-state index is -0.520. The molecule has 1 aromatic rings. The maximum atomic E-state index is 12.9. The monoisotopic (exact) mass is 364 g/mol. The Bertz CT molecular complexity index is 608. The number of rotatable bonds is 9. The molecule has 5 nitrogen and oxygen atoms in total. The van der Waals surface area contributed by atoms with Crippen molar-refractivity contribution >= 4 is 23.6 Å². The summed E-state index contributed by atoms with van der Waals surface area (Å²) in [5.41, 5.74) is 1.65. The standard InChI is InChI=1S/C19H28N2O3S/c1-4-13(2)17(18(23)20-15(12-22)9-10-25-3)21-11-14-7-5-6-8-16(14)19(21)24/h5-8,13,15,17,22H,4,9-12H2,1-3H3,(H,20,23)/t13-,15+,17+/m0/s1. The zero-order chi connectivity index (χ0) is 18.4. The van der Waals surface area contributed by atoms with Crippen LogP contribution in [0.4, 0.5) is 0 Å². The second-order valence-corrected chi connectivity index (χ2v) is 7.58. The molecule has 0 unspecified atom stereocenters. The van der Waals surface area contributed by atoms with E-state index in [4.69, 9.17) is 0 Å². The predicted molar refractivity (Wildman–Crippen MR) is 102 cm³/mol. The molecule has 0 saturated heterocycles. The number of nitrogens with zero attached hydrogens (tertiary/aromatic N) is 1. The van der Waals surface area contributed by atoms with E-state index >= 15 is 0 Å². The molecule has 0 bridgehead atoms. The maximum Gasteiger partial charge on any atom is 0.255 e. The Labute approximate surface area is 154 Å². The van der Waals surface area contributed by atoms with Crippen LogP contribution in [0.25, 0.3) is 0 Å². The van der Waals surface area contributed by atoms with Crippen LogP contribution in [-0.4, -0.2) is 52.5 Å². The van der Waals surface area contributed by atoms with Gasteiger partial charge in [-0.15, -0.1) is 0 Å². The topological polar surface area (TPSA) is 69.6 Å². The highest BCUT2D eigenvalue weighted by Crippen LogP contribution is 2.28. The van der Waals surface area contributed by atoms with E-state index < -0.39 is 6.04 Å². The Morgan fingerprint density at radius 2 is 2.12 bits per heavy atom. The van der Waals surface area contributed by atoms with Gasteiger partial charge < -0.3 is 15.3 Å². The highest BCUT2D eigenvalue weighted by molar-refractivity contribution is 7.98. The Morgan fingerprint density at radius 1 is 1.40 bits per heavy atom. The number of thioether (sulfide) groups is 1. The summed E-state index contributed by atoms with van der Waals surface area (Å²) in [6, 6.07) is 6.73. The number of hydrogen-bond acceptors (Lipinski definition) is 4. The van der Waals surface area contributed by atoms with E-state index in [1.807, 2.05) is 44.4 Å². The number of carbonyl (C=O) groups is 2. The largest absolute Gasteiger partial charge is 0.394 e. The van der Waals surface area contributed by atoms with Crippen molar-refractivity contribution in [2.24, 2.45) is 5.92 Å². The molecule has 1 aliphatic rings. The van der Waals surface area contributed by atoms with Crippen LogP contribution in [-0.2, 0) is 11.3 Å². The summed E-state index contributed by atoms with van der Waals surface area (Å²) < 4.78 is 0. The molecule has 138 valence electrons. The van der Waals surface area contributed by atoms with Gasteiger partial charge in [0.15, 0.2) is 0 Å². The smallest absolute Gasteiger partial charge is 0.255 e. The first-order valence-corrected chi connectivity index (χ1v) is 10.2. The Morgan fingerprint density at radius 3 is 2.72 bits per heavy atom. The van der Waals surface area contributed by atoms with Crippen LogP contribution in [0.5, 0.6) is 0 Å². The summed E-state index contributed by atoms with van der Waals surface area (Å²) in [5, 5.41) is 12.5. The van der Waals surface area contributed by atoms with Gasteiger partial charge in [0.25, 0.3) is 5.91 Å². The average molecular weight is 365 g/mol. The minimum absolute atomic E-state index is 0.0400. The summed E-state index contributed by atoms with van der Waals surface area (Å²) in [4.78, 5) is 27.4. The lowest BCUT2D eigenvalue weighted by molar-refractivity contribution is -0.128. The first-order valence-electron chi connectivity index (χ1n) is 8.82. The molecule has 0 aromatic heterocycles. The molecule has 1 heterocycles. The molecule has 0 spiro atoms. The van der Waals surface area contributed by atoms with E-state index in [2.05, 4.69) is 5.32 Å². The van der Waals surface area contributed by atoms with Crippen molar-refractivity contribution in [1.82, 2.24) is 10.2 Å². The van der Waals surface area contributed by atoms with Gasteiger partial charge in [0.05, 0.1) is 12.6 Å². The van der Waals surface area contributed by atoms with Gasteiger partial charge in [-0.1, -0.05) is 38.5 Å². The fourth-order valence-electron chi connectivity index (χ4n) is 3.19. The van der Waals surface area contributed by atoms with Crippen LogP contribution in [0.3, 0.4) is 0 Å². The molecule has 2 N–H and O–H groups in total. The van der Waals surface area contributed by atoms with Gasteiger partial charge in [0.2, 0.25) is 5.91 Å². The van der Waals surface area contributed by atoms with Gasteiger partial charge >= 0.3 is 0 Å². The third-order valence-corrected chi connectivity index (χ3v) is 5.52. The average Bonchev–Trinajstić information content (AvgIpc) is 2.95. The molecule has 0 fully saturated rings. The number of hydrogen-bond donors (Lipinski definition) is 2. The molecule has 2 rings (SSSR count). The number of aliphatic hydroxyl groups is 1. The first-order chi connectivity index (χ1) is 12.0. The Balaban J connectivity index is 2.17. The lowest BCUT2D eigenvalue weighted by Gasteiger charge is -2.32. The number of amides is 2. The molecule has 2 amide bonds. The van der Waals surface area contributed by atoms with Crippen molar-refractivity contribution in [2.75, 3.05) is 18.6 Å². The quantitative estimate of drug-likeness (QED) is 0.705. The summed E-state index contributed by atoms with van der Waals surface area (Å²) in [6.07, 6.45) is 3.51. The van der Waals surface area contributed by atoms with Crippen molar-refractivity contribution < 1.29 is 14.7 Å². The fourth-order valence-corrected chi connectivity index (χ4v) is 3.71. The van der Waals surface area contributed by atoms with Crippen molar-refractivity contribution in [3.05, 3.63) is 35.4 Å². The first kappa shape index (κ1) is 19.8. The second kappa shape index (κ2) is 9.25. The van der Waals surface area contributed by atoms with Gasteiger partial charge in [-0.05, 0) is 36.0 Å². The van der Waals surface area contributed by atoms with E-state index in [1.165, 1.54) is 0 Å². The minimum Gasteiger partial charge on any atom is -0.394 e. The summed E-state index contributed by atoms with van der Waals surface area (Å²) in [7, 11) is 0. The zero-order valence-corrected chi connectivity index (χ0v) is 16.0. The number of benzene rings is 1. The third-order valence-electron chi connectivity index (χ3n) is 4.87. The zero-order valence-electron chi connectivity index (χ0n) is 15.2. The lowest BCUT2D eigenvalue weighted by Crippen LogP contribution is -2.53.